The highest BCUT2D eigenvalue weighted by atomic mass is 32.2. The lowest BCUT2D eigenvalue weighted by Gasteiger charge is -2.06. The third-order valence-electron chi connectivity index (χ3n) is 2.73. The number of carbonyl (C=O) groups is 1. The molecule has 0 bridgehead atoms. The van der Waals surface area contributed by atoms with Crippen LogP contribution in [0.1, 0.15) is 15.9 Å². The van der Waals surface area contributed by atoms with E-state index in [1.807, 2.05) is 0 Å². The van der Waals surface area contributed by atoms with Gasteiger partial charge in [-0.15, -0.1) is 0 Å². The minimum absolute atomic E-state index is 0.0254. The van der Waals surface area contributed by atoms with Crippen molar-refractivity contribution in [3.63, 3.8) is 0 Å². The van der Waals surface area contributed by atoms with Crippen LogP contribution in [0.25, 0.3) is 0 Å². The van der Waals surface area contributed by atoms with E-state index in [2.05, 4.69) is 0 Å². The maximum Gasteiger partial charge on any atom is 0.338 e. The molecule has 0 fully saturated rings. The molecule has 2 rings (SSSR count). The number of halogens is 3. The van der Waals surface area contributed by atoms with Crippen LogP contribution in [0, 0.1) is 17.5 Å². The summed E-state index contributed by atoms with van der Waals surface area (Å²) >= 11 is 0. The first-order valence-electron chi connectivity index (χ1n) is 5.73. The molecular formula is C14H9F3O3S. The van der Waals surface area contributed by atoms with E-state index >= 15 is 0 Å². The van der Waals surface area contributed by atoms with Gasteiger partial charge in [-0.05, 0) is 36.4 Å². The fraction of sp³-hybridized carbons (Fsp3) is 0.0714. The van der Waals surface area contributed by atoms with E-state index in [1.165, 1.54) is 0 Å². The first-order chi connectivity index (χ1) is 9.88. The summed E-state index contributed by atoms with van der Waals surface area (Å²) in [4.78, 5) is 10.8. The average Bonchev–Trinajstić information content (AvgIpc) is 2.43. The number of carboxylic acids is 1. The Morgan fingerprint density at radius 1 is 1.05 bits per heavy atom. The van der Waals surface area contributed by atoms with E-state index in [1.54, 1.807) is 0 Å². The van der Waals surface area contributed by atoms with E-state index in [-0.39, 0.29) is 16.2 Å². The van der Waals surface area contributed by atoms with Crippen LogP contribution in [0.5, 0.6) is 0 Å². The van der Waals surface area contributed by atoms with Crippen molar-refractivity contribution in [2.75, 3.05) is 0 Å². The quantitative estimate of drug-likeness (QED) is 0.943. The molecule has 1 atom stereocenters. The summed E-state index contributed by atoms with van der Waals surface area (Å²) in [5.74, 6) is -4.18. The Hall–Kier alpha value is -2.15. The molecule has 21 heavy (non-hydrogen) atoms. The molecular weight excluding hydrogens is 305 g/mol. The van der Waals surface area contributed by atoms with Crippen molar-refractivity contribution in [2.45, 2.75) is 10.6 Å². The average molecular weight is 314 g/mol. The normalized spacial score (nSPS) is 12.1. The Morgan fingerprint density at radius 3 is 2.38 bits per heavy atom. The van der Waals surface area contributed by atoms with Crippen LogP contribution in [0.2, 0.25) is 0 Å². The number of aromatic carboxylic acids is 1. The minimum Gasteiger partial charge on any atom is -0.478 e. The van der Waals surface area contributed by atoms with Gasteiger partial charge < -0.3 is 5.11 Å². The van der Waals surface area contributed by atoms with Crippen LogP contribution < -0.4 is 0 Å². The summed E-state index contributed by atoms with van der Waals surface area (Å²) in [5, 5.41) is 8.79. The fourth-order valence-electron chi connectivity index (χ4n) is 1.69. The van der Waals surface area contributed by atoms with Crippen molar-refractivity contribution in [3.05, 3.63) is 65.0 Å². The molecule has 3 nitrogen and oxygen atoms in total. The molecule has 2 aromatic rings. The molecule has 0 aliphatic heterocycles. The zero-order valence-corrected chi connectivity index (χ0v) is 11.3. The number of rotatable bonds is 4. The summed E-state index contributed by atoms with van der Waals surface area (Å²) in [6.07, 6.45) is 0. The number of carboxylic acid groups (broad SMARTS) is 1. The molecule has 7 heteroatoms. The Balaban J connectivity index is 2.30. The zero-order chi connectivity index (χ0) is 15.6. The highest BCUT2D eigenvalue weighted by Crippen LogP contribution is 2.19. The third kappa shape index (κ3) is 3.49. The van der Waals surface area contributed by atoms with Gasteiger partial charge in [-0.1, -0.05) is 0 Å². The lowest BCUT2D eigenvalue weighted by Crippen LogP contribution is -2.04. The number of hydrogen-bond donors (Lipinski definition) is 1. The van der Waals surface area contributed by atoms with E-state index in [9.17, 15) is 22.2 Å². The van der Waals surface area contributed by atoms with Gasteiger partial charge in [-0.2, -0.15) is 0 Å². The summed E-state index contributed by atoms with van der Waals surface area (Å²) in [6.45, 7) is 0. The molecule has 2 aromatic carbocycles. The maximum atomic E-state index is 13.5. The molecule has 0 heterocycles. The van der Waals surface area contributed by atoms with Gasteiger partial charge in [-0.3, -0.25) is 4.21 Å². The van der Waals surface area contributed by atoms with Crippen molar-refractivity contribution in [3.8, 4) is 0 Å². The van der Waals surface area contributed by atoms with Gasteiger partial charge in [0.05, 0.1) is 22.1 Å². The number of hydrogen-bond acceptors (Lipinski definition) is 2. The van der Waals surface area contributed by atoms with Gasteiger partial charge in [0, 0.05) is 10.5 Å². The van der Waals surface area contributed by atoms with Gasteiger partial charge >= 0.3 is 5.97 Å². The van der Waals surface area contributed by atoms with Crippen molar-refractivity contribution in [1.82, 2.24) is 0 Å². The zero-order valence-electron chi connectivity index (χ0n) is 10.5. The molecule has 0 spiro atoms. The molecule has 0 aliphatic carbocycles. The van der Waals surface area contributed by atoms with Crippen molar-refractivity contribution in [2.24, 2.45) is 0 Å². The SMILES string of the molecule is O=C(O)c1cc(S(=O)Cc2cc(F)ccc2F)ccc1F. The van der Waals surface area contributed by atoms with Gasteiger partial charge in [0.1, 0.15) is 17.5 Å². The summed E-state index contributed by atoms with van der Waals surface area (Å²) in [7, 11) is -1.82. The van der Waals surface area contributed by atoms with Gasteiger partial charge in [-0.25, -0.2) is 18.0 Å². The van der Waals surface area contributed by atoms with Crippen LogP contribution in [0.15, 0.2) is 41.3 Å². The second-order valence-electron chi connectivity index (χ2n) is 4.17. The van der Waals surface area contributed by atoms with Crippen molar-refractivity contribution >= 4 is 16.8 Å². The lowest BCUT2D eigenvalue weighted by atomic mass is 10.2. The second kappa shape index (κ2) is 6.09. The molecule has 110 valence electrons. The fourth-order valence-corrected chi connectivity index (χ4v) is 2.83. The van der Waals surface area contributed by atoms with Gasteiger partial charge in [0.15, 0.2) is 0 Å². The highest BCUT2D eigenvalue weighted by molar-refractivity contribution is 7.84. The standard InChI is InChI=1S/C14H9F3O3S/c15-9-1-3-12(16)8(5-9)7-21(20)10-2-4-13(17)11(6-10)14(18)19/h1-6H,7H2,(H,18,19). The Morgan fingerprint density at radius 2 is 1.71 bits per heavy atom. The summed E-state index contributed by atoms with van der Waals surface area (Å²) < 4.78 is 51.8. The van der Waals surface area contributed by atoms with Gasteiger partial charge in [0.25, 0.3) is 0 Å². The Labute approximate surface area is 120 Å². The predicted molar refractivity (Wildman–Crippen MR) is 69.8 cm³/mol. The van der Waals surface area contributed by atoms with Crippen molar-refractivity contribution < 1.29 is 27.3 Å². The Kier molecular flexibility index (Phi) is 4.42. The molecule has 0 saturated heterocycles. The predicted octanol–water partition coefficient (Wildman–Crippen LogP) is 3.11. The van der Waals surface area contributed by atoms with E-state index in [4.69, 9.17) is 5.11 Å². The molecule has 1 unspecified atom stereocenters. The topological polar surface area (TPSA) is 54.4 Å². The highest BCUT2D eigenvalue weighted by Gasteiger charge is 2.15. The Bertz CT molecular complexity index is 731. The largest absolute Gasteiger partial charge is 0.478 e. The molecule has 1 N–H and O–H groups in total. The molecule has 0 aromatic heterocycles. The monoisotopic (exact) mass is 314 g/mol. The maximum absolute atomic E-state index is 13.5. The third-order valence-corrected chi connectivity index (χ3v) is 4.08. The van der Waals surface area contributed by atoms with E-state index < -0.39 is 39.8 Å². The molecule has 0 saturated carbocycles. The van der Waals surface area contributed by atoms with Crippen molar-refractivity contribution in [1.29, 1.82) is 0 Å². The second-order valence-corrected chi connectivity index (χ2v) is 5.62. The van der Waals surface area contributed by atoms with E-state index in [0.29, 0.717) is 0 Å². The first kappa shape index (κ1) is 15.2. The molecule has 0 radical (unpaired) electrons. The van der Waals surface area contributed by atoms with Crippen LogP contribution in [0.3, 0.4) is 0 Å². The van der Waals surface area contributed by atoms with Crippen LogP contribution in [0.4, 0.5) is 13.2 Å². The van der Waals surface area contributed by atoms with E-state index in [0.717, 1.165) is 36.4 Å². The first-order valence-corrected chi connectivity index (χ1v) is 7.05. The number of benzene rings is 2. The minimum atomic E-state index is -1.82. The van der Waals surface area contributed by atoms with Crippen LogP contribution >= 0.6 is 0 Å². The molecule has 0 aliphatic rings. The molecule has 0 amide bonds. The smallest absolute Gasteiger partial charge is 0.338 e. The lowest BCUT2D eigenvalue weighted by molar-refractivity contribution is 0.0691. The summed E-state index contributed by atoms with van der Waals surface area (Å²) in [5.41, 5.74) is -0.727. The van der Waals surface area contributed by atoms with Crippen LogP contribution in [-0.4, -0.2) is 15.3 Å². The van der Waals surface area contributed by atoms with Gasteiger partial charge in [0.2, 0.25) is 0 Å². The van der Waals surface area contributed by atoms with Crippen LogP contribution in [-0.2, 0) is 16.6 Å². The summed E-state index contributed by atoms with van der Waals surface area (Å²) in [6, 6.07) is 5.70.